The van der Waals surface area contributed by atoms with E-state index in [9.17, 15) is 9.59 Å². The van der Waals surface area contributed by atoms with Crippen molar-refractivity contribution in [2.75, 3.05) is 14.2 Å². The van der Waals surface area contributed by atoms with E-state index in [1.165, 1.54) is 0 Å². The molecule has 4 atom stereocenters. The Labute approximate surface area is 248 Å². The average molecular weight is 570 g/mol. The van der Waals surface area contributed by atoms with Crippen molar-refractivity contribution in [2.45, 2.75) is 50.3 Å². The van der Waals surface area contributed by atoms with E-state index >= 15 is 0 Å². The molecule has 1 fully saturated rings. The van der Waals surface area contributed by atoms with Gasteiger partial charge in [-0.2, -0.15) is 0 Å². The van der Waals surface area contributed by atoms with Crippen LogP contribution in [-0.2, 0) is 21.6 Å². The summed E-state index contributed by atoms with van der Waals surface area (Å²) in [5.74, 6) is 0.152. The average Bonchev–Trinajstić information content (AvgIpc) is 3.68. The van der Waals surface area contributed by atoms with E-state index in [0.29, 0.717) is 18.4 Å². The van der Waals surface area contributed by atoms with Crippen molar-refractivity contribution in [2.24, 2.45) is 0 Å². The molecule has 0 radical (unpaired) electrons. The van der Waals surface area contributed by atoms with Gasteiger partial charge >= 0.3 is 0 Å². The number of aryl methyl sites for hydroxylation is 1. The Kier molecular flexibility index (Phi) is 4.99. The highest BCUT2D eigenvalue weighted by Gasteiger charge is 2.55. The van der Waals surface area contributed by atoms with E-state index in [1.807, 2.05) is 54.4 Å². The van der Waals surface area contributed by atoms with Crippen LogP contribution in [0.5, 0.6) is 0 Å². The van der Waals surface area contributed by atoms with Crippen molar-refractivity contribution in [3.63, 3.8) is 0 Å². The lowest BCUT2D eigenvalue weighted by molar-refractivity contribution is -0.264. The van der Waals surface area contributed by atoms with Gasteiger partial charge in [0.1, 0.15) is 12.3 Å². The monoisotopic (exact) mass is 569 g/mol. The molecule has 1 amide bonds. The smallest absolute Gasteiger partial charge is 0.253 e. The number of benzene rings is 4. The number of methoxy groups -OCH3 is 1. The first-order valence-corrected chi connectivity index (χ1v) is 15.0. The normalized spacial score (nSPS) is 24.3. The Morgan fingerprint density at radius 1 is 0.907 bits per heavy atom. The highest BCUT2D eigenvalue weighted by Crippen LogP contribution is 2.54. The minimum atomic E-state index is -0.960. The molecule has 2 aromatic heterocycles. The number of carbonyl (C=O) groups is 2. The molecule has 43 heavy (non-hydrogen) atoms. The molecule has 3 aliphatic rings. The number of nitrogens with zero attached hydrogens (tertiary/aromatic N) is 3. The van der Waals surface area contributed by atoms with Crippen LogP contribution in [0.1, 0.15) is 52.3 Å². The third kappa shape index (κ3) is 3.01. The summed E-state index contributed by atoms with van der Waals surface area (Å²) in [5, 5.41) is 4.32. The molecular weight excluding hydrogens is 538 g/mol. The summed E-state index contributed by atoms with van der Waals surface area (Å²) in [6, 6.07) is 25.9. The zero-order chi connectivity index (χ0) is 29.2. The van der Waals surface area contributed by atoms with E-state index in [-0.39, 0.29) is 17.7 Å². The van der Waals surface area contributed by atoms with Crippen LogP contribution in [-0.4, -0.2) is 52.0 Å². The lowest BCUT2D eigenvalue weighted by atomic mass is 9.91. The van der Waals surface area contributed by atoms with Gasteiger partial charge < -0.3 is 23.5 Å². The van der Waals surface area contributed by atoms with Gasteiger partial charge in [0, 0.05) is 59.7 Å². The van der Waals surface area contributed by atoms with Crippen LogP contribution in [0.2, 0.25) is 0 Å². The van der Waals surface area contributed by atoms with Gasteiger partial charge in [0.05, 0.1) is 28.1 Å². The number of likely N-dealkylation sites (N-methyl/N-ethyl adjacent to an activating group) is 1. The van der Waals surface area contributed by atoms with Gasteiger partial charge in [0.2, 0.25) is 0 Å². The molecule has 0 N–H and O–H groups in total. The number of amides is 1. The first-order valence-electron chi connectivity index (χ1n) is 15.0. The zero-order valence-corrected chi connectivity index (χ0v) is 24.3. The third-order valence-corrected chi connectivity index (χ3v) is 10.3. The number of ketones is 1. The summed E-state index contributed by atoms with van der Waals surface area (Å²) >= 11 is 0. The number of Topliss-reactive ketones (excluding diaryl/α,β-unsaturated/α-hetero) is 1. The molecule has 214 valence electrons. The number of ether oxygens (including phenoxy) is 2. The third-order valence-electron chi connectivity index (χ3n) is 10.3. The van der Waals surface area contributed by atoms with Crippen molar-refractivity contribution in [1.29, 1.82) is 0 Å². The largest absolute Gasteiger partial charge is 0.374 e. The predicted molar refractivity (Wildman–Crippen MR) is 167 cm³/mol. The van der Waals surface area contributed by atoms with Crippen LogP contribution in [0.15, 0.2) is 78.9 Å². The number of para-hydroxylation sites is 2. The minimum absolute atomic E-state index is 0.0537. The summed E-state index contributed by atoms with van der Waals surface area (Å²) in [7, 11) is 3.59. The SMILES string of the molecule is CO[C@@H]1[C@H](N(C)C(=O)c2ccccc2)C[C@H]2O[C@]1(C)n1c3ccccc3c3c4c(c5c6ccccc6n2c5c31)C(=O)CC4. The van der Waals surface area contributed by atoms with Crippen molar-refractivity contribution >= 4 is 55.3 Å². The summed E-state index contributed by atoms with van der Waals surface area (Å²) in [6.07, 6.45) is 0.911. The van der Waals surface area contributed by atoms with Crippen LogP contribution in [0, 0.1) is 0 Å². The molecule has 6 aromatic rings. The highest BCUT2D eigenvalue weighted by atomic mass is 16.6. The topological polar surface area (TPSA) is 65.7 Å². The summed E-state index contributed by atoms with van der Waals surface area (Å²) in [4.78, 5) is 29.4. The van der Waals surface area contributed by atoms with Crippen LogP contribution >= 0.6 is 0 Å². The standard InChI is InChI=1S/C36H31N3O4/c1-36-34(42-3)26(37(2)35(41)20-11-5-4-6-12-20)19-28(43-36)38-24-15-9-7-13-21(24)31-30-23(17-18-27(30)40)29-22-14-8-10-16-25(22)39(36)33(29)32(31)38/h4-16,26,28,34H,17-19H2,1-3H3/t26-,28-,34-,36+/m1/s1. The van der Waals surface area contributed by atoms with Gasteiger partial charge in [-0.1, -0.05) is 54.6 Å². The molecule has 4 aromatic carbocycles. The molecule has 9 rings (SSSR count). The fourth-order valence-corrected chi connectivity index (χ4v) is 8.56. The molecular formula is C36H31N3O4. The highest BCUT2D eigenvalue weighted by molar-refractivity contribution is 6.31. The molecule has 2 bridgehead atoms. The van der Waals surface area contributed by atoms with E-state index < -0.39 is 18.1 Å². The molecule has 2 aliphatic heterocycles. The number of carbonyl (C=O) groups excluding carboxylic acids is 2. The summed E-state index contributed by atoms with van der Waals surface area (Å²) in [5.41, 5.74) is 5.84. The quantitative estimate of drug-likeness (QED) is 0.235. The van der Waals surface area contributed by atoms with Gasteiger partial charge in [-0.3, -0.25) is 9.59 Å². The zero-order valence-electron chi connectivity index (χ0n) is 24.3. The van der Waals surface area contributed by atoms with E-state index in [4.69, 9.17) is 9.47 Å². The Morgan fingerprint density at radius 3 is 2.33 bits per heavy atom. The fourth-order valence-electron chi connectivity index (χ4n) is 8.56. The maximum absolute atomic E-state index is 13.9. The van der Waals surface area contributed by atoms with Crippen molar-refractivity contribution in [1.82, 2.24) is 14.0 Å². The lowest BCUT2D eigenvalue weighted by Gasteiger charge is -2.50. The molecule has 1 saturated heterocycles. The second kappa shape index (κ2) is 8.56. The number of fused-ring (bicyclic) bond motifs is 13. The molecule has 0 unspecified atom stereocenters. The van der Waals surface area contributed by atoms with Crippen molar-refractivity contribution in [3.8, 4) is 0 Å². The van der Waals surface area contributed by atoms with Gasteiger partial charge in [-0.25, -0.2) is 0 Å². The first-order chi connectivity index (χ1) is 20.9. The number of hydrogen-bond donors (Lipinski definition) is 0. The minimum Gasteiger partial charge on any atom is -0.374 e. The second-order valence-corrected chi connectivity index (χ2v) is 12.3. The summed E-state index contributed by atoms with van der Waals surface area (Å²) < 4.78 is 18.2. The Bertz CT molecular complexity index is 2180. The van der Waals surface area contributed by atoms with E-state index in [1.54, 1.807) is 7.11 Å². The van der Waals surface area contributed by atoms with Gasteiger partial charge in [0.15, 0.2) is 11.5 Å². The fraction of sp³-hybridized carbons (Fsp3) is 0.278. The van der Waals surface area contributed by atoms with Gasteiger partial charge in [-0.05, 0) is 43.2 Å². The molecule has 0 spiro atoms. The molecule has 7 heteroatoms. The van der Waals surface area contributed by atoms with E-state index in [0.717, 1.165) is 61.2 Å². The lowest BCUT2D eigenvalue weighted by Crippen LogP contribution is -2.61. The first kappa shape index (κ1) is 25.1. The molecule has 1 aliphatic carbocycles. The van der Waals surface area contributed by atoms with Crippen LogP contribution in [0.25, 0.3) is 43.6 Å². The number of hydrogen-bond acceptors (Lipinski definition) is 4. The van der Waals surface area contributed by atoms with Crippen molar-refractivity contribution in [3.05, 3.63) is 95.6 Å². The van der Waals surface area contributed by atoms with Gasteiger partial charge in [0.25, 0.3) is 5.91 Å². The Morgan fingerprint density at radius 2 is 1.58 bits per heavy atom. The summed E-state index contributed by atoms with van der Waals surface area (Å²) in [6.45, 7) is 2.10. The predicted octanol–water partition coefficient (Wildman–Crippen LogP) is 6.79. The van der Waals surface area contributed by atoms with Gasteiger partial charge in [-0.15, -0.1) is 0 Å². The second-order valence-electron chi connectivity index (χ2n) is 12.3. The Hall–Kier alpha value is -4.46. The van der Waals surface area contributed by atoms with Crippen LogP contribution in [0.4, 0.5) is 0 Å². The number of aromatic nitrogens is 2. The van der Waals surface area contributed by atoms with Crippen LogP contribution in [0.3, 0.4) is 0 Å². The number of rotatable bonds is 3. The molecule has 7 nitrogen and oxygen atoms in total. The maximum atomic E-state index is 13.9. The molecule has 0 saturated carbocycles. The maximum Gasteiger partial charge on any atom is 0.253 e. The molecule has 4 heterocycles. The Balaban J connectivity index is 1.43. The van der Waals surface area contributed by atoms with Crippen molar-refractivity contribution < 1.29 is 19.1 Å². The van der Waals surface area contributed by atoms with E-state index in [2.05, 4.69) is 52.5 Å². The van der Waals surface area contributed by atoms with Crippen LogP contribution < -0.4 is 0 Å².